The molecule has 0 bridgehead atoms. The third kappa shape index (κ3) is 3.77. The van der Waals surface area contributed by atoms with Crippen molar-refractivity contribution in [3.05, 3.63) is 29.6 Å². The van der Waals surface area contributed by atoms with E-state index in [1.165, 1.54) is 56.2 Å². The molecule has 0 saturated carbocycles. The van der Waals surface area contributed by atoms with Crippen LogP contribution in [0.2, 0.25) is 0 Å². The summed E-state index contributed by atoms with van der Waals surface area (Å²) in [6.07, 6.45) is 11.9. The van der Waals surface area contributed by atoms with Gasteiger partial charge in [0.15, 0.2) is 0 Å². The number of hydrogen-bond donors (Lipinski definition) is 2. The number of unbranched alkanes of at least 4 members (excludes halogenated alkanes) is 3. The molecule has 3 N–H and O–H groups in total. The van der Waals surface area contributed by atoms with E-state index in [0.717, 1.165) is 6.42 Å². The summed E-state index contributed by atoms with van der Waals surface area (Å²) in [5, 5.41) is 0. The molecular weight excluding hydrogens is 234 g/mol. The largest absolute Gasteiger partial charge is 0.271 e. The Hall–Kier alpha value is -0.930. The number of nitrogens with two attached hydrogens (primary N) is 1. The molecule has 3 heteroatoms. The van der Waals surface area contributed by atoms with Gasteiger partial charge in [0.25, 0.3) is 0 Å². The SMILES string of the molecule is CCCCCCC(NN)C1CCCc2cccnc21. The Morgan fingerprint density at radius 3 is 3.11 bits per heavy atom. The van der Waals surface area contributed by atoms with Crippen LogP contribution in [0.4, 0.5) is 0 Å². The van der Waals surface area contributed by atoms with E-state index in [0.29, 0.717) is 12.0 Å². The topological polar surface area (TPSA) is 50.9 Å². The third-order valence-corrected chi connectivity index (χ3v) is 4.31. The van der Waals surface area contributed by atoms with Crippen LogP contribution in [0.25, 0.3) is 0 Å². The molecule has 2 rings (SSSR count). The summed E-state index contributed by atoms with van der Waals surface area (Å²) in [7, 11) is 0. The van der Waals surface area contributed by atoms with Crippen molar-refractivity contribution >= 4 is 0 Å². The first kappa shape index (κ1) is 14.5. The van der Waals surface area contributed by atoms with E-state index in [2.05, 4.69) is 23.4 Å². The van der Waals surface area contributed by atoms with E-state index < -0.39 is 0 Å². The van der Waals surface area contributed by atoms with Gasteiger partial charge in [0.1, 0.15) is 0 Å². The Bertz CT molecular complexity index is 378. The summed E-state index contributed by atoms with van der Waals surface area (Å²) in [4.78, 5) is 4.62. The van der Waals surface area contributed by atoms with Gasteiger partial charge in [-0.2, -0.15) is 0 Å². The number of nitrogens with one attached hydrogen (secondary N) is 1. The standard InChI is InChI=1S/C16H27N3/c1-2-3-4-5-11-15(19-17)14-10-6-8-13-9-7-12-18-16(13)14/h7,9,12,14-15,19H,2-6,8,10-11,17H2,1H3. The molecule has 0 radical (unpaired) electrons. The minimum atomic E-state index is 0.380. The number of hydrazine groups is 1. The zero-order valence-electron chi connectivity index (χ0n) is 12.1. The van der Waals surface area contributed by atoms with Gasteiger partial charge >= 0.3 is 0 Å². The van der Waals surface area contributed by atoms with Crippen LogP contribution in [0.15, 0.2) is 18.3 Å². The van der Waals surface area contributed by atoms with E-state index in [-0.39, 0.29) is 0 Å². The van der Waals surface area contributed by atoms with Crippen molar-refractivity contribution < 1.29 is 0 Å². The number of pyridine rings is 1. The minimum Gasteiger partial charge on any atom is -0.271 e. The number of aryl methyl sites for hydroxylation is 1. The molecule has 1 heterocycles. The summed E-state index contributed by atoms with van der Waals surface area (Å²) in [5.41, 5.74) is 5.76. The Morgan fingerprint density at radius 1 is 1.42 bits per heavy atom. The molecule has 19 heavy (non-hydrogen) atoms. The predicted molar refractivity (Wildman–Crippen MR) is 79.8 cm³/mol. The Balaban J connectivity index is 1.99. The average molecular weight is 261 g/mol. The predicted octanol–water partition coefficient (Wildman–Crippen LogP) is 3.30. The van der Waals surface area contributed by atoms with Crippen molar-refractivity contribution in [2.75, 3.05) is 0 Å². The summed E-state index contributed by atoms with van der Waals surface area (Å²) in [6.45, 7) is 2.25. The summed E-state index contributed by atoms with van der Waals surface area (Å²) in [6, 6.07) is 4.65. The van der Waals surface area contributed by atoms with Crippen LogP contribution >= 0.6 is 0 Å². The van der Waals surface area contributed by atoms with Crippen molar-refractivity contribution in [3.63, 3.8) is 0 Å². The van der Waals surface area contributed by atoms with Gasteiger partial charge in [-0.3, -0.25) is 16.3 Å². The lowest BCUT2D eigenvalue weighted by molar-refractivity contribution is 0.360. The molecule has 1 aliphatic rings. The molecule has 106 valence electrons. The van der Waals surface area contributed by atoms with Crippen molar-refractivity contribution in [1.82, 2.24) is 10.4 Å². The molecule has 0 aliphatic heterocycles. The fraction of sp³-hybridized carbons (Fsp3) is 0.688. The van der Waals surface area contributed by atoms with Gasteiger partial charge in [0.05, 0.1) is 0 Å². The Kier molecular flexibility index (Phi) is 5.80. The molecule has 2 atom stereocenters. The highest BCUT2D eigenvalue weighted by molar-refractivity contribution is 5.27. The van der Waals surface area contributed by atoms with E-state index >= 15 is 0 Å². The van der Waals surface area contributed by atoms with E-state index in [1.54, 1.807) is 0 Å². The lowest BCUT2D eigenvalue weighted by atomic mass is 9.80. The zero-order valence-corrected chi connectivity index (χ0v) is 12.1. The van der Waals surface area contributed by atoms with Gasteiger partial charge in [-0.1, -0.05) is 38.7 Å². The van der Waals surface area contributed by atoms with Gasteiger partial charge in [0.2, 0.25) is 0 Å². The molecule has 0 aromatic carbocycles. The van der Waals surface area contributed by atoms with Crippen LogP contribution in [0, 0.1) is 0 Å². The first-order valence-corrected chi connectivity index (χ1v) is 7.76. The lowest BCUT2D eigenvalue weighted by Gasteiger charge is -2.31. The van der Waals surface area contributed by atoms with E-state index in [9.17, 15) is 0 Å². The molecule has 0 amide bonds. The highest BCUT2D eigenvalue weighted by Gasteiger charge is 2.27. The van der Waals surface area contributed by atoms with Crippen molar-refractivity contribution in [2.45, 2.75) is 70.3 Å². The van der Waals surface area contributed by atoms with Crippen molar-refractivity contribution in [1.29, 1.82) is 0 Å². The number of fused-ring (bicyclic) bond motifs is 1. The van der Waals surface area contributed by atoms with Crippen LogP contribution in [-0.4, -0.2) is 11.0 Å². The summed E-state index contributed by atoms with van der Waals surface area (Å²) in [5.74, 6) is 6.29. The smallest absolute Gasteiger partial charge is 0.0482 e. The van der Waals surface area contributed by atoms with Gasteiger partial charge in [-0.05, 0) is 37.3 Å². The number of hydrogen-bond acceptors (Lipinski definition) is 3. The van der Waals surface area contributed by atoms with Crippen LogP contribution in [0.5, 0.6) is 0 Å². The second-order valence-corrected chi connectivity index (χ2v) is 5.67. The maximum absolute atomic E-state index is 5.80. The van der Waals surface area contributed by atoms with Gasteiger partial charge in [-0.25, -0.2) is 0 Å². The first-order chi connectivity index (χ1) is 9.36. The highest BCUT2D eigenvalue weighted by Crippen LogP contribution is 2.33. The van der Waals surface area contributed by atoms with E-state index in [1.807, 2.05) is 12.3 Å². The van der Waals surface area contributed by atoms with Crippen LogP contribution in [0.1, 0.15) is 69.0 Å². The quantitative estimate of drug-likeness (QED) is 0.450. The normalized spacial score (nSPS) is 20.0. The van der Waals surface area contributed by atoms with E-state index in [4.69, 9.17) is 5.84 Å². The molecule has 1 aromatic rings. The van der Waals surface area contributed by atoms with Crippen molar-refractivity contribution in [3.8, 4) is 0 Å². The molecule has 1 aliphatic carbocycles. The third-order valence-electron chi connectivity index (χ3n) is 4.31. The van der Waals surface area contributed by atoms with Crippen molar-refractivity contribution in [2.24, 2.45) is 5.84 Å². The lowest BCUT2D eigenvalue weighted by Crippen LogP contribution is -2.41. The first-order valence-electron chi connectivity index (χ1n) is 7.76. The maximum Gasteiger partial charge on any atom is 0.0482 e. The molecule has 2 unspecified atom stereocenters. The Morgan fingerprint density at radius 2 is 2.32 bits per heavy atom. The monoisotopic (exact) mass is 261 g/mol. The number of rotatable bonds is 7. The highest BCUT2D eigenvalue weighted by atomic mass is 15.2. The Labute approximate surface area is 117 Å². The molecule has 1 aromatic heterocycles. The minimum absolute atomic E-state index is 0.380. The maximum atomic E-state index is 5.80. The zero-order chi connectivity index (χ0) is 13.5. The molecule has 0 fully saturated rings. The van der Waals surface area contributed by atoms with Crippen LogP contribution in [0.3, 0.4) is 0 Å². The number of aromatic nitrogens is 1. The average Bonchev–Trinajstić information content (AvgIpc) is 2.47. The number of nitrogens with zero attached hydrogens (tertiary/aromatic N) is 1. The molecule has 3 nitrogen and oxygen atoms in total. The molecule has 0 spiro atoms. The fourth-order valence-electron chi connectivity index (χ4n) is 3.23. The summed E-state index contributed by atoms with van der Waals surface area (Å²) < 4.78 is 0. The second-order valence-electron chi connectivity index (χ2n) is 5.67. The summed E-state index contributed by atoms with van der Waals surface area (Å²) >= 11 is 0. The van der Waals surface area contributed by atoms with Gasteiger partial charge in [-0.15, -0.1) is 0 Å². The van der Waals surface area contributed by atoms with Gasteiger partial charge in [0, 0.05) is 23.9 Å². The van der Waals surface area contributed by atoms with Crippen LogP contribution in [-0.2, 0) is 6.42 Å². The fourth-order valence-corrected chi connectivity index (χ4v) is 3.23. The van der Waals surface area contributed by atoms with Gasteiger partial charge < -0.3 is 0 Å². The second kappa shape index (κ2) is 7.61. The molecular formula is C16H27N3. The molecule has 0 saturated heterocycles. The van der Waals surface area contributed by atoms with Crippen LogP contribution < -0.4 is 11.3 Å².